The predicted molar refractivity (Wildman–Crippen MR) is 97.2 cm³/mol. The Labute approximate surface area is 144 Å². The summed E-state index contributed by atoms with van der Waals surface area (Å²) < 4.78 is 0. The average molecular weight is 342 g/mol. The molecule has 0 aliphatic rings. The summed E-state index contributed by atoms with van der Waals surface area (Å²) in [5.74, 6) is -0.0581. The monoisotopic (exact) mass is 342 g/mol. The molecule has 0 spiro atoms. The molecule has 5 heteroatoms. The molecule has 0 radical (unpaired) electrons. The van der Waals surface area contributed by atoms with Crippen molar-refractivity contribution in [1.29, 1.82) is 0 Å². The zero-order valence-electron chi connectivity index (χ0n) is 13.3. The van der Waals surface area contributed by atoms with Crippen LogP contribution < -0.4 is 5.32 Å². The zero-order valence-corrected chi connectivity index (χ0v) is 14.9. The SMILES string of the molecule is Cc1ccccc1[C@H](C)NC(=O)c1sc(-c2ccsc2)nc1C. The van der Waals surface area contributed by atoms with E-state index in [0.29, 0.717) is 4.88 Å². The second-order valence-electron chi connectivity index (χ2n) is 5.50. The number of carbonyl (C=O) groups excluding carboxylic acids is 1. The fourth-order valence-electron chi connectivity index (χ4n) is 2.53. The standard InChI is InChI=1S/C18H18N2OS2/c1-11-6-4-5-7-15(11)12(2)19-17(21)16-13(3)20-18(23-16)14-8-9-22-10-14/h4-10,12H,1-3H3,(H,19,21)/t12-/m0/s1. The molecule has 2 aromatic heterocycles. The minimum Gasteiger partial charge on any atom is -0.345 e. The van der Waals surface area contributed by atoms with Crippen molar-refractivity contribution in [1.82, 2.24) is 10.3 Å². The molecule has 3 rings (SSSR count). The molecule has 1 aromatic carbocycles. The molecule has 0 aliphatic heterocycles. The Morgan fingerprint density at radius 2 is 2.00 bits per heavy atom. The molecule has 1 atom stereocenters. The van der Waals surface area contributed by atoms with E-state index >= 15 is 0 Å². The van der Waals surface area contributed by atoms with Gasteiger partial charge in [0.2, 0.25) is 0 Å². The van der Waals surface area contributed by atoms with E-state index in [1.807, 2.05) is 37.4 Å². The lowest BCUT2D eigenvalue weighted by Gasteiger charge is -2.16. The molecule has 0 aliphatic carbocycles. The number of thiazole rings is 1. The lowest BCUT2D eigenvalue weighted by molar-refractivity contribution is 0.0943. The molecule has 0 bridgehead atoms. The first-order chi connectivity index (χ1) is 11.1. The highest BCUT2D eigenvalue weighted by molar-refractivity contribution is 7.17. The van der Waals surface area contributed by atoms with Gasteiger partial charge in [-0.25, -0.2) is 4.98 Å². The summed E-state index contributed by atoms with van der Waals surface area (Å²) in [4.78, 5) is 17.8. The van der Waals surface area contributed by atoms with E-state index in [0.717, 1.165) is 21.8 Å². The number of carbonyl (C=O) groups is 1. The summed E-state index contributed by atoms with van der Waals surface area (Å²) >= 11 is 3.08. The second kappa shape index (κ2) is 6.64. The Bertz CT molecular complexity index is 821. The van der Waals surface area contributed by atoms with Gasteiger partial charge in [0.1, 0.15) is 9.88 Å². The van der Waals surface area contributed by atoms with Gasteiger partial charge in [-0.1, -0.05) is 24.3 Å². The summed E-state index contributed by atoms with van der Waals surface area (Å²) in [5, 5.41) is 8.06. The Balaban J connectivity index is 1.80. The lowest BCUT2D eigenvalue weighted by Crippen LogP contribution is -2.26. The molecule has 3 nitrogen and oxygen atoms in total. The number of aryl methyl sites for hydroxylation is 2. The fraction of sp³-hybridized carbons (Fsp3) is 0.222. The third-order valence-corrected chi connectivity index (χ3v) is 5.66. The van der Waals surface area contributed by atoms with E-state index in [1.165, 1.54) is 16.9 Å². The number of hydrogen-bond acceptors (Lipinski definition) is 4. The first-order valence-electron chi connectivity index (χ1n) is 7.42. The molecular weight excluding hydrogens is 324 g/mol. The van der Waals surface area contributed by atoms with Crippen LogP contribution in [0.4, 0.5) is 0 Å². The van der Waals surface area contributed by atoms with E-state index < -0.39 is 0 Å². The first-order valence-corrected chi connectivity index (χ1v) is 9.18. The number of thiophene rings is 1. The van der Waals surface area contributed by atoms with Crippen LogP contribution in [0.15, 0.2) is 41.1 Å². The highest BCUT2D eigenvalue weighted by atomic mass is 32.1. The highest BCUT2D eigenvalue weighted by Crippen LogP contribution is 2.29. The number of nitrogens with zero attached hydrogens (tertiary/aromatic N) is 1. The Morgan fingerprint density at radius 3 is 2.70 bits per heavy atom. The fourth-order valence-corrected chi connectivity index (χ4v) is 4.21. The quantitative estimate of drug-likeness (QED) is 0.726. The van der Waals surface area contributed by atoms with E-state index in [1.54, 1.807) is 11.3 Å². The Hall–Kier alpha value is -1.98. The smallest absolute Gasteiger partial charge is 0.263 e. The van der Waals surface area contributed by atoms with Crippen LogP contribution in [0.5, 0.6) is 0 Å². The molecule has 0 fully saturated rings. The van der Waals surface area contributed by atoms with Crippen molar-refractivity contribution in [3.63, 3.8) is 0 Å². The minimum atomic E-state index is -0.0581. The number of aromatic nitrogens is 1. The molecule has 0 saturated carbocycles. The maximum absolute atomic E-state index is 12.6. The summed E-state index contributed by atoms with van der Waals surface area (Å²) in [6, 6.07) is 10.1. The topological polar surface area (TPSA) is 42.0 Å². The number of nitrogens with one attached hydrogen (secondary N) is 1. The van der Waals surface area contributed by atoms with Gasteiger partial charge < -0.3 is 5.32 Å². The predicted octanol–water partition coefficient (Wildman–Crippen LogP) is 4.98. The van der Waals surface area contributed by atoms with Gasteiger partial charge in [0.25, 0.3) is 5.91 Å². The normalized spacial score (nSPS) is 12.1. The second-order valence-corrected chi connectivity index (χ2v) is 7.28. The van der Waals surface area contributed by atoms with E-state index in [4.69, 9.17) is 0 Å². The molecule has 0 unspecified atom stereocenters. The van der Waals surface area contributed by atoms with E-state index in [2.05, 4.69) is 34.7 Å². The summed E-state index contributed by atoms with van der Waals surface area (Å²) in [6.07, 6.45) is 0. The molecular formula is C18H18N2OS2. The van der Waals surface area contributed by atoms with Crippen molar-refractivity contribution >= 4 is 28.6 Å². The van der Waals surface area contributed by atoms with Crippen LogP contribution >= 0.6 is 22.7 Å². The van der Waals surface area contributed by atoms with Gasteiger partial charge in [-0.3, -0.25) is 4.79 Å². The number of benzene rings is 1. The van der Waals surface area contributed by atoms with Crippen LogP contribution in [0, 0.1) is 13.8 Å². The van der Waals surface area contributed by atoms with Crippen molar-refractivity contribution in [2.24, 2.45) is 0 Å². The maximum atomic E-state index is 12.6. The van der Waals surface area contributed by atoms with Gasteiger partial charge >= 0.3 is 0 Å². The van der Waals surface area contributed by atoms with Crippen LogP contribution in [0.1, 0.15) is 39.5 Å². The molecule has 3 aromatic rings. The van der Waals surface area contributed by atoms with Gasteiger partial charge in [0.05, 0.1) is 11.7 Å². The first kappa shape index (κ1) is 15.9. The number of hydrogen-bond donors (Lipinski definition) is 1. The lowest BCUT2D eigenvalue weighted by atomic mass is 10.0. The third-order valence-electron chi connectivity index (χ3n) is 3.77. The molecule has 0 saturated heterocycles. The average Bonchev–Trinajstić information content (AvgIpc) is 3.16. The van der Waals surface area contributed by atoms with Gasteiger partial charge in [0.15, 0.2) is 0 Å². The molecule has 1 N–H and O–H groups in total. The van der Waals surface area contributed by atoms with Crippen LogP contribution in [0.25, 0.3) is 10.6 Å². The zero-order chi connectivity index (χ0) is 16.4. The van der Waals surface area contributed by atoms with Crippen LogP contribution in [-0.4, -0.2) is 10.9 Å². The summed E-state index contributed by atoms with van der Waals surface area (Å²) in [6.45, 7) is 5.96. The molecule has 118 valence electrons. The van der Waals surface area contributed by atoms with Crippen molar-refractivity contribution in [3.05, 3.63) is 62.8 Å². The van der Waals surface area contributed by atoms with E-state index in [-0.39, 0.29) is 11.9 Å². The van der Waals surface area contributed by atoms with E-state index in [9.17, 15) is 4.79 Å². The minimum absolute atomic E-state index is 0.0326. The van der Waals surface area contributed by atoms with Crippen molar-refractivity contribution in [2.75, 3.05) is 0 Å². The summed E-state index contributed by atoms with van der Waals surface area (Å²) in [5.41, 5.74) is 4.18. The van der Waals surface area contributed by atoms with Gasteiger partial charge in [-0.05, 0) is 43.3 Å². The third kappa shape index (κ3) is 3.35. The van der Waals surface area contributed by atoms with Crippen molar-refractivity contribution < 1.29 is 4.79 Å². The van der Waals surface area contributed by atoms with Gasteiger partial charge in [-0.2, -0.15) is 11.3 Å². The van der Waals surface area contributed by atoms with Crippen molar-refractivity contribution in [2.45, 2.75) is 26.8 Å². The highest BCUT2D eigenvalue weighted by Gasteiger charge is 2.19. The molecule has 23 heavy (non-hydrogen) atoms. The maximum Gasteiger partial charge on any atom is 0.263 e. The van der Waals surface area contributed by atoms with Crippen LogP contribution in [-0.2, 0) is 0 Å². The van der Waals surface area contributed by atoms with Crippen LogP contribution in [0.2, 0.25) is 0 Å². The number of rotatable bonds is 4. The summed E-state index contributed by atoms with van der Waals surface area (Å²) in [7, 11) is 0. The van der Waals surface area contributed by atoms with Gasteiger partial charge in [-0.15, -0.1) is 11.3 Å². The van der Waals surface area contributed by atoms with Crippen molar-refractivity contribution in [3.8, 4) is 10.6 Å². The molecule has 2 heterocycles. The number of amides is 1. The Morgan fingerprint density at radius 1 is 1.22 bits per heavy atom. The molecule has 1 amide bonds. The largest absolute Gasteiger partial charge is 0.345 e. The van der Waals surface area contributed by atoms with Crippen LogP contribution in [0.3, 0.4) is 0 Å². The van der Waals surface area contributed by atoms with Gasteiger partial charge in [0, 0.05) is 10.9 Å². The Kier molecular flexibility index (Phi) is 4.59.